The second-order valence-electron chi connectivity index (χ2n) is 6.29. The largest absolute Gasteiger partial charge is 0.497 e. The smallest absolute Gasteiger partial charge is 0.261 e. The van der Waals surface area contributed by atoms with Crippen molar-refractivity contribution in [3.8, 4) is 5.75 Å². The number of sulfonamides is 1. The van der Waals surface area contributed by atoms with Crippen LogP contribution in [-0.4, -0.2) is 58.8 Å². The molecule has 0 saturated carbocycles. The van der Waals surface area contributed by atoms with Crippen LogP contribution in [0.25, 0.3) is 0 Å². The quantitative estimate of drug-likeness (QED) is 0.675. The zero-order valence-corrected chi connectivity index (χ0v) is 16.3. The van der Waals surface area contributed by atoms with Gasteiger partial charge < -0.3 is 15.1 Å². The van der Waals surface area contributed by atoms with Crippen LogP contribution in [0.2, 0.25) is 0 Å². The lowest BCUT2D eigenvalue weighted by Crippen LogP contribution is -2.51. The number of rotatable bonds is 7. The average Bonchev–Trinajstić information content (AvgIpc) is 2.60. The lowest BCUT2D eigenvalue weighted by Gasteiger charge is -2.29. The predicted octanol–water partition coefficient (Wildman–Crippen LogP) is 0.690. The second-order valence-corrected chi connectivity index (χ2v) is 8.15. The van der Waals surface area contributed by atoms with Gasteiger partial charge in [-0.3, -0.25) is 14.5 Å². The fraction of sp³-hybridized carbons (Fsp3) is 0.471. The highest BCUT2D eigenvalue weighted by atomic mass is 32.2. The first-order chi connectivity index (χ1) is 12.2. The summed E-state index contributed by atoms with van der Waals surface area (Å²) in [6, 6.07) is 5.60. The van der Waals surface area contributed by atoms with Crippen LogP contribution in [0.15, 0.2) is 36.0 Å². The van der Waals surface area contributed by atoms with E-state index < -0.39 is 22.0 Å². The summed E-state index contributed by atoms with van der Waals surface area (Å²) in [6.07, 6.45) is 3.86. The van der Waals surface area contributed by atoms with Gasteiger partial charge in [0.15, 0.2) is 0 Å². The van der Waals surface area contributed by atoms with E-state index in [1.807, 2.05) is 13.1 Å². The normalized spacial score (nSPS) is 16.4. The van der Waals surface area contributed by atoms with Crippen molar-refractivity contribution < 1.29 is 17.9 Å². The maximum absolute atomic E-state index is 12.5. The van der Waals surface area contributed by atoms with Crippen LogP contribution >= 0.6 is 0 Å². The van der Waals surface area contributed by atoms with Crippen LogP contribution < -0.4 is 19.9 Å². The van der Waals surface area contributed by atoms with Crippen molar-refractivity contribution in [1.29, 1.82) is 0 Å². The third-order valence-corrected chi connectivity index (χ3v) is 5.42. The van der Waals surface area contributed by atoms with Crippen LogP contribution in [0.3, 0.4) is 0 Å². The van der Waals surface area contributed by atoms with Crippen molar-refractivity contribution in [2.24, 2.45) is 0 Å². The number of anilines is 1. The van der Waals surface area contributed by atoms with E-state index in [-0.39, 0.29) is 0 Å². The summed E-state index contributed by atoms with van der Waals surface area (Å²) >= 11 is 0. The Bertz CT molecular complexity index is 761. The van der Waals surface area contributed by atoms with Crippen LogP contribution in [0.5, 0.6) is 5.75 Å². The number of amides is 1. The predicted molar refractivity (Wildman–Crippen MR) is 101 cm³/mol. The summed E-state index contributed by atoms with van der Waals surface area (Å²) in [5, 5.41) is 0. The number of methoxy groups -OCH3 is 1. The molecule has 0 radical (unpaired) electrons. The summed E-state index contributed by atoms with van der Waals surface area (Å²) in [5.74, 6) is 0.168. The van der Waals surface area contributed by atoms with E-state index in [0.717, 1.165) is 35.8 Å². The molecule has 1 heterocycles. The number of likely N-dealkylation sites (N-methyl/N-ethyl adjacent to an activating group) is 1. The molecule has 0 bridgehead atoms. The highest BCUT2D eigenvalue weighted by molar-refractivity contribution is 7.92. The molecule has 0 aliphatic carbocycles. The second kappa shape index (κ2) is 8.41. The van der Waals surface area contributed by atoms with Crippen LogP contribution in [0.4, 0.5) is 5.69 Å². The van der Waals surface area contributed by atoms with Gasteiger partial charge in [0.05, 0.1) is 19.1 Å². The zero-order valence-electron chi connectivity index (χ0n) is 15.5. The number of nitrogens with one attached hydrogen (secondary N) is 2. The van der Waals surface area contributed by atoms with Gasteiger partial charge in [-0.1, -0.05) is 0 Å². The van der Waals surface area contributed by atoms with Crippen molar-refractivity contribution in [2.45, 2.75) is 19.4 Å². The molecule has 1 aromatic rings. The van der Waals surface area contributed by atoms with Crippen molar-refractivity contribution in [3.63, 3.8) is 0 Å². The highest BCUT2D eigenvalue weighted by Gasteiger charge is 2.29. The van der Waals surface area contributed by atoms with Gasteiger partial charge in [0.1, 0.15) is 11.8 Å². The van der Waals surface area contributed by atoms with Gasteiger partial charge in [-0.25, -0.2) is 8.42 Å². The van der Waals surface area contributed by atoms with Gasteiger partial charge in [0.2, 0.25) is 10.0 Å². The molecule has 0 spiro atoms. The Morgan fingerprint density at radius 3 is 2.46 bits per heavy atom. The highest BCUT2D eigenvalue weighted by Crippen LogP contribution is 2.23. The number of carbonyl (C=O) groups excluding carboxylic acids is 1. The summed E-state index contributed by atoms with van der Waals surface area (Å²) in [7, 11) is -0.0985. The molecule has 9 heteroatoms. The zero-order chi connectivity index (χ0) is 19.3. The first-order valence-electron chi connectivity index (χ1n) is 8.29. The van der Waals surface area contributed by atoms with Crippen molar-refractivity contribution in [3.05, 3.63) is 36.0 Å². The molecule has 1 aromatic carbocycles. The van der Waals surface area contributed by atoms with Gasteiger partial charge in [-0.15, -0.1) is 0 Å². The Balaban J connectivity index is 2.10. The Labute approximate surface area is 154 Å². The summed E-state index contributed by atoms with van der Waals surface area (Å²) in [4.78, 5) is 14.6. The van der Waals surface area contributed by atoms with E-state index in [0.29, 0.717) is 11.4 Å². The molecule has 0 aromatic heterocycles. The SMILES string of the molecule is COc1ccc(N(C(C)C(=O)NNC2=CCN(C)CC2)S(C)(=O)=O)cc1. The molecule has 1 aliphatic heterocycles. The number of nitrogens with zero attached hydrogens (tertiary/aromatic N) is 2. The third kappa shape index (κ3) is 5.12. The third-order valence-electron chi connectivity index (χ3n) is 4.17. The van der Waals surface area contributed by atoms with Gasteiger partial charge in [-0.2, -0.15) is 0 Å². The number of hydrogen-bond donors (Lipinski definition) is 2. The molecule has 2 N–H and O–H groups in total. The number of benzene rings is 1. The molecule has 8 nitrogen and oxygen atoms in total. The van der Waals surface area contributed by atoms with Crippen molar-refractivity contribution in [1.82, 2.24) is 15.8 Å². The summed E-state index contributed by atoms with van der Waals surface area (Å²) in [5.41, 5.74) is 6.81. The Hall–Kier alpha value is -2.26. The maximum Gasteiger partial charge on any atom is 0.261 e. The van der Waals surface area contributed by atoms with Gasteiger partial charge in [0, 0.05) is 25.2 Å². The number of hydrogen-bond acceptors (Lipinski definition) is 6. The molecule has 26 heavy (non-hydrogen) atoms. The maximum atomic E-state index is 12.5. The van der Waals surface area contributed by atoms with E-state index in [1.54, 1.807) is 31.2 Å². The Morgan fingerprint density at radius 2 is 1.96 bits per heavy atom. The molecule has 144 valence electrons. The molecule has 1 aliphatic rings. The summed E-state index contributed by atoms with van der Waals surface area (Å²) < 4.78 is 30.7. The molecule has 1 amide bonds. The molecular weight excluding hydrogens is 356 g/mol. The Kier molecular flexibility index (Phi) is 6.49. The number of ether oxygens (including phenoxy) is 1. The molecule has 0 fully saturated rings. The van der Waals surface area contributed by atoms with E-state index in [2.05, 4.69) is 15.8 Å². The lowest BCUT2D eigenvalue weighted by atomic mass is 10.2. The monoisotopic (exact) mass is 382 g/mol. The first-order valence-corrected chi connectivity index (χ1v) is 10.1. The van der Waals surface area contributed by atoms with E-state index in [9.17, 15) is 13.2 Å². The molecule has 2 rings (SSSR count). The van der Waals surface area contributed by atoms with Crippen molar-refractivity contribution >= 4 is 21.6 Å². The number of hydrazine groups is 1. The fourth-order valence-electron chi connectivity index (χ4n) is 2.67. The minimum Gasteiger partial charge on any atom is -0.497 e. The Morgan fingerprint density at radius 1 is 1.31 bits per heavy atom. The lowest BCUT2D eigenvalue weighted by molar-refractivity contribution is -0.122. The van der Waals surface area contributed by atoms with E-state index in [1.165, 1.54) is 7.11 Å². The topological polar surface area (TPSA) is 91.0 Å². The summed E-state index contributed by atoms with van der Waals surface area (Å²) in [6.45, 7) is 3.24. The van der Waals surface area contributed by atoms with Gasteiger partial charge in [-0.05, 0) is 44.3 Å². The van der Waals surface area contributed by atoms with E-state index >= 15 is 0 Å². The molecular formula is C17H26N4O4S. The van der Waals surface area contributed by atoms with Crippen LogP contribution in [0.1, 0.15) is 13.3 Å². The van der Waals surface area contributed by atoms with Gasteiger partial charge in [0.25, 0.3) is 5.91 Å². The fourth-order valence-corrected chi connectivity index (χ4v) is 3.84. The van der Waals surface area contributed by atoms with Crippen molar-refractivity contribution in [2.75, 3.05) is 37.8 Å². The first kappa shape index (κ1) is 20.1. The molecule has 1 unspecified atom stereocenters. The minimum absolute atomic E-state index is 0.398. The molecule has 1 atom stereocenters. The van der Waals surface area contributed by atoms with Crippen LogP contribution in [0, 0.1) is 0 Å². The average molecular weight is 382 g/mol. The number of carbonyl (C=O) groups is 1. The van der Waals surface area contributed by atoms with Crippen LogP contribution in [-0.2, 0) is 14.8 Å². The standard InChI is InChI=1S/C17H26N4O4S/c1-13(17(22)19-18-14-9-11-20(2)12-10-14)21(26(4,23)24)15-5-7-16(25-3)8-6-15/h5-9,13,18H,10-12H2,1-4H3,(H,19,22). The molecule has 0 saturated heterocycles. The van der Waals surface area contributed by atoms with Gasteiger partial charge >= 0.3 is 0 Å². The minimum atomic E-state index is -3.65. The van der Waals surface area contributed by atoms with E-state index in [4.69, 9.17) is 4.74 Å².